The van der Waals surface area contributed by atoms with Gasteiger partial charge < -0.3 is 10.1 Å². The summed E-state index contributed by atoms with van der Waals surface area (Å²) in [5.41, 5.74) is 0.470. The molecule has 5 heteroatoms. The predicted molar refractivity (Wildman–Crippen MR) is 72.7 cm³/mol. The fourth-order valence-electron chi connectivity index (χ4n) is 2.22. The van der Waals surface area contributed by atoms with Crippen molar-refractivity contribution < 1.29 is 9.53 Å². The van der Waals surface area contributed by atoms with Crippen molar-refractivity contribution >= 4 is 29.1 Å². The number of amides is 1. The van der Waals surface area contributed by atoms with Crippen LogP contribution in [0, 0.1) is 0 Å². The van der Waals surface area contributed by atoms with Gasteiger partial charge in [-0.25, -0.2) is 0 Å². The molecule has 3 nitrogen and oxygen atoms in total. The number of rotatable bonds is 3. The molecule has 1 aliphatic carbocycles. The van der Waals surface area contributed by atoms with Crippen molar-refractivity contribution in [2.24, 2.45) is 0 Å². The molecule has 1 N–H and O–H groups in total. The van der Waals surface area contributed by atoms with Crippen molar-refractivity contribution in [3.8, 4) is 5.75 Å². The summed E-state index contributed by atoms with van der Waals surface area (Å²) in [6, 6.07) is 3.43. The number of ether oxygens (including phenoxy) is 1. The number of carbonyl (C=O) groups excluding carboxylic acids is 1. The average molecular weight is 288 g/mol. The van der Waals surface area contributed by atoms with Gasteiger partial charge in [-0.05, 0) is 25.0 Å². The molecule has 1 fully saturated rings. The molecule has 1 aromatic carbocycles. The van der Waals surface area contributed by atoms with Gasteiger partial charge in [0.05, 0.1) is 17.2 Å². The molecular weight excluding hydrogens is 273 g/mol. The Bertz CT molecular complexity index is 433. The molecule has 0 atom stereocenters. The van der Waals surface area contributed by atoms with Crippen molar-refractivity contribution in [1.82, 2.24) is 5.32 Å². The van der Waals surface area contributed by atoms with Gasteiger partial charge in [-0.2, -0.15) is 0 Å². The summed E-state index contributed by atoms with van der Waals surface area (Å²) in [5.74, 6) is 0.268. The van der Waals surface area contributed by atoms with E-state index in [1.165, 1.54) is 20.0 Å². The maximum Gasteiger partial charge on any atom is 0.251 e. The second-order valence-corrected chi connectivity index (χ2v) is 5.24. The molecule has 1 aromatic rings. The Balaban J connectivity index is 2.15. The molecule has 0 unspecified atom stereocenters. The molecule has 1 saturated carbocycles. The van der Waals surface area contributed by atoms with Gasteiger partial charge in [-0.1, -0.05) is 36.0 Å². The molecule has 0 aliphatic heterocycles. The lowest BCUT2D eigenvalue weighted by Crippen LogP contribution is -2.32. The molecule has 98 valence electrons. The normalized spacial score (nSPS) is 15.7. The van der Waals surface area contributed by atoms with Gasteiger partial charge in [-0.15, -0.1) is 0 Å². The Hall–Kier alpha value is -0.930. The van der Waals surface area contributed by atoms with E-state index in [2.05, 4.69) is 5.32 Å². The summed E-state index contributed by atoms with van der Waals surface area (Å²) >= 11 is 12.0. The topological polar surface area (TPSA) is 38.3 Å². The molecule has 1 amide bonds. The summed E-state index contributed by atoms with van der Waals surface area (Å²) in [6.07, 6.45) is 4.44. The van der Waals surface area contributed by atoms with Crippen molar-refractivity contribution in [1.29, 1.82) is 0 Å². The molecule has 1 aliphatic rings. The lowest BCUT2D eigenvalue weighted by Gasteiger charge is -2.13. The van der Waals surface area contributed by atoms with Crippen LogP contribution in [0.3, 0.4) is 0 Å². The maximum absolute atomic E-state index is 12.0. The minimum Gasteiger partial charge on any atom is -0.494 e. The van der Waals surface area contributed by atoms with Crippen molar-refractivity contribution in [2.45, 2.75) is 31.7 Å². The molecule has 0 spiro atoms. The summed E-state index contributed by atoms with van der Waals surface area (Å²) in [4.78, 5) is 12.0. The van der Waals surface area contributed by atoms with E-state index in [1.54, 1.807) is 12.1 Å². The zero-order valence-corrected chi connectivity index (χ0v) is 11.6. The first-order valence-electron chi connectivity index (χ1n) is 5.95. The largest absolute Gasteiger partial charge is 0.494 e. The molecular formula is C13H15Cl2NO2. The molecule has 0 heterocycles. The highest BCUT2D eigenvalue weighted by Gasteiger charge is 2.19. The first kappa shape index (κ1) is 13.5. The van der Waals surface area contributed by atoms with Crippen LogP contribution in [0.1, 0.15) is 36.0 Å². The summed E-state index contributed by atoms with van der Waals surface area (Å²) < 4.78 is 5.05. The second-order valence-electron chi connectivity index (χ2n) is 4.43. The lowest BCUT2D eigenvalue weighted by atomic mass is 10.1. The maximum atomic E-state index is 12.0. The summed E-state index contributed by atoms with van der Waals surface area (Å²) in [6.45, 7) is 0. The average Bonchev–Trinajstić information content (AvgIpc) is 2.81. The molecule has 2 rings (SSSR count). The van der Waals surface area contributed by atoms with Crippen molar-refractivity contribution in [2.75, 3.05) is 7.11 Å². The zero-order chi connectivity index (χ0) is 13.1. The van der Waals surface area contributed by atoms with Crippen molar-refractivity contribution in [3.05, 3.63) is 27.7 Å². The molecule has 0 bridgehead atoms. The Kier molecular flexibility index (Phi) is 4.36. The summed E-state index contributed by atoms with van der Waals surface area (Å²) in [5, 5.41) is 3.69. The van der Waals surface area contributed by atoms with Crippen LogP contribution in [0.2, 0.25) is 10.0 Å². The number of hydrogen-bond donors (Lipinski definition) is 1. The number of carbonyl (C=O) groups is 1. The Morgan fingerprint density at radius 3 is 2.33 bits per heavy atom. The highest BCUT2D eigenvalue weighted by Crippen LogP contribution is 2.33. The van der Waals surface area contributed by atoms with Gasteiger partial charge in [0.15, 0.2) is 5.75 Å². The van der Waals surface area contributed by atoms with E-state index in [4.69, 9.17) is 27.9 Å². The van der Waals surface area contributed by atoms with Gasteiger partial charge in [-0.3, -0.25) is 4.79 Å². The van der Waals surface area contributed by atoms with E-state index >= 15 is 0 Å². The zero-order valence-electron chi connectivity index (χ0n) is 10.1. The van der Waals surface area contributed by atoms with Gasteiger partial charge in [0.1, 0.15) is 0 Å². The van der Waals surface area contributed by atoms with Crippen LogP contribution < -0.4 is 10.1 Å². The molecule has 0 aromatic heterocycles. The van der Waals surface area contributed by atoms with E-state index in [9.17, 15) is 4.79 Å². The number of hydrogen-bond acceptors (Lipinski definition) is 2. The quantitative estimate of drug-likeness (QED) is 0.921. The first-order valence-corrected chi connectivity index (χ1v) is 6.71. The van der Waals surface area contributed by atoms with Crippen LogP contribution in [0.25, 0.3) is 0 Å². The van der Waals surface area contributed by atoms with Crippen LogP contribution >= 0.6 is 23.2 Å². The monoisotopic (exact) mass is 287 g/mol. The minimum absolute atomic E-state index is 0.131. The number of nitrogens with one attached hydrogen (secondary N) is 1. The smallest absolute Gasteiger partial charge is 0.251 e. The third-order valence-corrected chi connectivity index (χ3v) is 3.72. The third kappa shape index (κ3) is 2.90. The highest BCUT2D eigenvalue weighted by atomic mass is 35.5. The third-order valence-electron chi connectivity index (χ3n) is 3.15. The standard InChI is InChI=1S/C13H15Cl2NO2/c1-18-12-10(14)6-8(7-11(12)15)13(17)16-9-4-2-3-5-9/h6-7,9H,2-5H2,1H3,(H,16,17). The first-order chi connectivity index (χ1) is 8.61. The number of halogens is 2. The molecule has 18 heavy (non-hydrogen) atoms. The van der Waals surface area contributed by atoms with E-state index < -0.39 is 0 Å². The lowest BCUT2D eigenvalue weighted by molar-refractivity contribution is 0.0938. The fourth-order valence-corrected chi connectivity index (χ4v) is 2.87. The fraction of sp³-hybridized carbons (Fsp3) is 0.462. The van der Waals surface area contributed by atoms with E-state index in [-0.39, 0.29) is 11.9 Å². The second kappa shape index (κ2) is 5.81. The minimum atomic E-state index is -0.131. The van der Waals surface area contributed by atoms with Gasteiger partial charge in [0, 0.05) is 11.6 Å². The van der Waals surface area contributed by atoms with Crippen LogP contribution in [0.15, 0.2) is 12.1 Å². The number of benzene rings is 1. The SMILES string of the molecule is COc1c(Cl)cc(C(=O)NC2CCCC2)cc1Cl. The van der Waals surface area contributed by atoms with Gasteiger partial charge in [0.25, 0.3) is 5.91 Å². The summed E-state index contributed by atoms with van der Waals surface area (Å²) in [7, 11) is 1.49. The van der Waals surface area contributed by atoms with Crippen LogP contribution in [-0.2, 0) is 0 Å². The van der Waals surface area contributed by atoms with Crippen molar-refractivity contribution in [3.63, 3.8) is 0 Å². The Morgan fingerprint density at radius 2 is 1.83 bits per heavy atom. The Morgan fingerprint density at radius 1 is 1.28 bits per heavy atom. The van der Waals surface area contributed by atoms with Gasteiger partial charge >= 0.3 is 0 Å². The van der Waals surface area contributed by atoms with Crippen LogP contribution in [-0.4, -0.2) is 19.1 Å². The number of methoxy groups -OCH3 is 1. The Labute approximate surface area is 116 Å². The van der Waals surface area contributed by atoms with Crippen LogP contribution in [0.5, 0.6) is 5.75 Å². The highest BCUT2D eigenvalue weighted by molar-refractivity contribution is 6.37. The molecule has 0 saturated heterocycles. The van der Waals surface area contributed by atoms with Crippen LogP contribution in [0.4, 0.5) is 0 Å². The van der Waals surface area contributed by atoms with E-state index in [1.807, 2.05) is 0 Å². The van der Waals surface area contributed by atoms with E-state index in [0.717, 1.165) is 12.8 Å². The molecule has 0 radical (unpaired) electrons. The predicted octanol–water partition coefficient (Wildman–Crippen LogP) is 3.67. The van der Waals surface area contributed by atoms with E-state index in [0.29, 0.717) is 21.4 Å². The van der Waals surface area contributed by atoms with Gasteiger partial charge in [0.2, 0.25) is 0 Å².